The zero-order valence-electron chi connectivity index (χ0n) is 12.9. The fraction of sp³-hybridized carbons (Fsp3) is 0.611. The SMILES string of the molecule is CCCCCCC(COCc1ccccc1)CC(C)=O. The fourth-order valence-corrected chi connectivity index (χ4v) is 2.43. The summed E-state index contributed by atoms with van der Waals surface area (Å²) in [5.74, 6) is 0.655. The Hall–Kier alpha value is -1.15. The van der Waals surface area contributed by atoms with Gasteiger partial charge in [-0.2, -0.15) is 0 Å². The zero-order valence-corrected chi connectivity index (χ0v) is 12.9. The first-order chi connectivity index (χ1) is 9.72. The summed E-state index contributed by atoms with van der Waals surface area (Å²) in [7, 11) is 0. The number of ether oxygens (including phenoxy) is 1. The van der Waals surface area contributed by atoms with Crippen LogP contribution in [0.4, 0.5) is 0 Å². The number of ketones is 1. The van der Waals surface area contributed by atoms with E-state index in [4.69, 9.17) is 4.74 Å². The van der Waals surface area contributed by atoms with Crippen LogP contribution in [-0.4, -0.2) is 12.4 Å². The first-order valence-corrected chi connectivity index (χ1v) is 7.83. The number of unbranched alkanes of at least 4 members (excludes halogenated alkanes) is 3. The third-order valence-corrected chi connectivity index (χ3v) is 3.51. The normalized spacial score (nSPS) is 12.3. The van der Waals surface area contributed by atoms with Crippen LogP contribution in [0.15, 0.2) is 30.3 Å². The van der Waals surface area contributed by atoms with Crippen molar-refractivity contribution < 1.29 is 9.53 Å². The smallest absolute Gasteiger partial charge is 0.130 e. The molecule has 0 bridgehead atoms. The molecule has 112 valence electrons. The Morgan fingerprint density at radius 1 is 1.15 bits per heavy atom. The Balaban J connectivity index is 2.26. The molecule has 2 heteroatoms. The van der Waals surface area contributed by atoms with E-state index < -0.39 is 0 Å². The van der Waals surface area contributed by atoms with Gasteiger partial charge in [0.25, 0.3) is 0 Å². The van der Waals surface area contributed by atoms with E-state index in [9.17, 15) is 4.79 Å². The molecule has 0 aromatic heterocycles. The quantitative estimate of drug-likeness (QED) is 0.544. The van der Waals surface area contributed by atoms with E-state index in [2.05, 4.69) is 19.1 Å². The highest BCUT2D eigenvalue weighted by Gasteiger charge is 2.11. The van der Waals surface area contributed by atoms with Crippen molar-refractivity contribution >= 4 is 5.78 Å². The van der Waals surface area contributed by atoms with Gasteiger partial charge >= 0.3 is 0 Å². The number of carbonyl (C=O) groups excluding carboxylic acids is 1. The molecule has 0 radical (unpaired) electrons. The summed E-state index contributed by atoms with van der Waals surface area (Å²) in [6.45, 7) is 5.23. The molecule has 0 saturated heterocycles. The first-order valence-electron chi connectivity index (χ1n) is 7.83. The lowest BCUT2D eigenvalue weighted by atomic mass is 9.96. The summed E-state index contributed by atoms with van der Waals surface area (Å²) in [4.78, 5) is 11.3. The molecule has 0 aliphatic rings. The Labute approximate surface area is 123 Å². The predicted molar refractivity (Wildman–Crippen MR) is 83.6 cm³/mol. The second-order valence-electron chi connectivity index (χ2n) is 5.62. The lowest BCUT2D eigenvalue weighted by molar-refractivity contribution is -0.118. The molecule has 0 amide bonds. The van der Waals surface area contributed by atoms with Crippen LogP contribution >= 0.6 is 0 Å². The minimum absolute atomic E-state index is 0.272. The maximum Gasteiger partial charge on any atom is 0.130 e. The molecule has 0 aliphatic heterocycles. The lowest BCUT2D eigenvalue weighted by Gasteiger charge is -2.15. The van der Waals surface area contributed by atoms with Crippen LogP contribution < -0.4 is 0 Å². The summed E-state index contributed by atoms with van der Waals surface area (Å²) in [6, 6.07) is 10.2. The third-order valence-electron chi connectivity index (χ3n) is 3.51. The van der Waals surface area contributed by atoms with Crippen molar-refractivity contribution in [1.82, 2.24) is 0 Å². The van der Waals surface area contributed by atoms with E-state index in [1.807, 2.05) is 18.2 Å². The van der Waals surface area contributed by atoms with Crippen molar-refractivity contribution in [3.05, 3.63) is 35.9 Å². The highest BCUT2D eigenvalue weighted by atomic mass is 16.5. The molecule has 0 saturated carbocycles. The lowest BCUT2D eigenvalue weighted by Crippen LogP contribution is -2.13. The summed E-state index contributed by atoms with van der Waals surface area (Å²) >= 11 is 0. The molecule has 2 nitrogen and oxygen atoms in total. The van der Waals surface area contributed by atoms with E-state index in [0.717, 1.165) is 6.42 Å². The number of benzene rings is 1. The average Bonchev–Trinajstić information content (AvgIpc) is 2.44. The van der Waals surface area contributed by atoms with Gasteiger partial charge in [-0.3, -0.25) is 0 Å². The minimum atomic E-state index is 0.272. The van der Waals surface area contributed by atoms with Crippen molar-refractivity contribution in [2.24, 2.45) is 5.92 Å². The van der Waals surface area contributed by atoms with E-state index in [1.54, 1.807) is 6.92 Å². The van der Waals surface area contributed by atoms with Gasteiger partial charge in [-0.15, -0.1) is 0 Å². The standard InChI is InChI=1S/C18H28O2/c1-3-4-5-7-12-18(13-16(2)19)15-20-14-17-10-8-6-9-11-17/h6,8-11,18H,3-5,7,12-15H2,1-2H3. The molecule has 0 spiro atoms. The minimum Gasteiger partial charge on any atom is -0.376 e. The highest BCUT2D eigenvalue weighted by molar-refractivity contribution is 5.75. The van der Waals surface area contributed by atoms with Crippen molar-refractivity contribution in [1.29, 1.82) is 0 Å². The van der Waals surface area contributed by atoms with Crippen LogP contribution in [-0.2, 0) is 16.1 Å². The first kappa shape index (κ1) is 16.9. The van der Waals surface area contributed by atoms with Crippen LogP contribution in [0, 0.1) is 5.92 Å². The number of hydrogen-bond acceptors (Lipinski definition) is 2. The Kier molecular flexibility index (Phi) is 8.97. The van der Waals surface area contributed by atoms with Gasteiger partial charge in [0.15, 0.2) is 0 Å². The second-order valence-corrected chi connectivity index (χ2v) is 5.62. The van der Waals surface area contributed by atoms with Gasteiger partial charge in [0, 0.05) is 6.42 Å². The molecule has 0 heterocycles. The van der Waals surface area contributed by atoms with E-state index >= 15 is 0 Å². The molecule has 1 rings (SSSR count). The summed E-state index contributed by atoms with van der Waals surface area (Å²) in [6.07, 6.45) is 6.78. The van der Waals surface area contributed by atoms with Gasteiger partial charge in [-0.1, -0.05) is 62.9 Å². The summed E-state index contributed by atoms with van der Waals surface area (Å²) in [5, 5.41) is 0. The van der Waals surface area contributed by atoms with Crippen LogP contribution in [0.2, 0.25) is 0 Å². The summed E-state index contributed by atoms with van der Waals surface area (Å²) in [5.41, 5.74) is 1.19. The van der Waals surface area contributed by atoms with E-state index in [0.29, 0.717) is 25.6 Å². The van der Waals surface area contributed by atoms with E-state index in [1.165, 1.54) is 31.2 Å². The van der Waals surface area contributed by atoms with Gasteiger partial charge < -0.3 is 9.53 Å². The van der Waals surface area contributed by atoms with Crippen molar-refractivity contribution in [2.75, 3.05) is 6.61 Å². The molecular formula is C18H28O2. The maximum absolute atomic E-state index is 11.3. The van der Waals surface area contributed by atoms with Crippen LogP contribution in [0.5, 0.6) is 0 Å². The molecule has 1 atom stereocenters. The van der Waals surface area contributed by atoms with Crippen LogP contribution in [0.25, 0.3) is 0 Å². The van der Waals surface area contributed by atoms with Gasteiger partial charge in [-0.05, 0) is 24.8 Å². The molecular weight excluding hydrogens is 248 g/mol. The summed E-state index contributed by atoms with van der Waals surface area (Å²) < 4.78 is 5.79. The van der Waals surface area contributed by atoms with Crippen LogP contribution in [0.1, 0.15) is 57.9 Å². The second kappa shape index (κ2) is 10.6. The predicted octanol–water partition coefficient (Wildman–Crippen LogP) is 4.77. The van der Waals surface area contributed by atoms with E-state index in [-0.39, 0.29) is 5.78 Å². The average molecular weight is 276 g/mol. The molecule has 0 N–H and O–H groups in total. The molecule has 1 aromatic rings. The molecule has 1 aromatic carbocycles. The molecule has 1 unspecified atom stereocenters. The maximum atomic E-state index is 11.3. The van der Waals surface area contributed by atoms with Crippen molar-refractivity contribution in [3.8, 4) is 0 Å². The Morgan fingerprint density at radius 2 is 1.90 bits per heavy atom. The van der Waals surface area contributed by atoms with Crippen molar-refractivity contribution in [2.45, 2.75) is 59.0 Å². The van der Waals surface area contributed by atoms with Gasteiger partial charge in [0.2, 0.25) is 0 Å². The Morgan fingerprint density at radius 3 is 2.55 bits per heavy atom. The van der Waals surface area contributed by atoms with Gasteiger partial charge in [0.1, 0.15) is 5.78 Å². The zero-order chi connectivity index (χ0) is 14.6. The number of Topliss-reactive ketones (excluding diaryl/α,β-unsaturated/α-hetero) is 1. The van der Waals surface area contributed by atoms with Gasteiger partial charge in [0.05, 0.1) is 13.2 Å². The molecule has 20 heavy (non-hydrogen) atoms. The van der Waals surface area contributed by atoms with Gasteiger partial charge in [-0.25, -0.2) is 0 Å². The van der Waals surface area contributed by atoms with Crippen molar-refractivity contribution in [3.63, 3.8) is 0 Å². The molecule has 0 fully saturated rings. The number of hydrogen-bond donors (Lipinski definition) is 0. The monoisotopic (exact) mass is 276 g/mol. The highest BCUT2D eigenvalue weighted by Crippen LogP contribution is 2.16. The fourth-order valence-electron chi connectivity index (χ4n) is 2.43. The van der Waals surface area contributed by atoms with Crippen LogP contribution in [0.3, 0.4) is 0 Å². The third kappa shape index (κ3) is 8.11. The Bertz CT molecular complexity index is 359. The topological polar surface area (TPSA) is 26.3 Å². The largest absolute Gasteiger partial charge is 0.376 e. The molecule has 0 aliphatic carbocycles. The number of rotatable bonds is 11. The number of carbonyl (C=O) groups is 1.